The molecule has 0 N–H and O–H groups in total. The minimum atomic E-state index is 0.0188. The Morgan fingerprint density at radius 3 is 2.95 bits per heavy atom. The van der Waals surface area contributed by atoms with E-state index in [1.807, 2.05) is 31.4 Å². The van der Waals surface area contributed by atoms with Crippen LogP contribution in [-0.4, -0.2) is 18.2 Å². The molecular formula is C17H18O3S. The fraction of sp³-hybridized carbons (Fsp3) is 0.353. The van der Waals surface area contributed by atoms with Crippen molar-refractivity contribution in [2.45, 2.75) is 13.3 Å². The maximum atomic E-state index is 12.1. The second-order valence-corrected chi connectivity index (χ2v) is 6.13. The standard InChI is InChI=1S/C17H18O3S/c1-11-3-6-13(16(11)17(18)21-2)7-4-12-5-8-14-15(9-12)20-10-19-14/h3-5,7-9,13,16H,6,10H2,1-2H3/b7-4+. The molecule has 4 heteroatoms. The van der Waals surface area contributed by atoms with Crippen molar-refractivity contribution >= 4 is 23.0 Å². The molecule has 2 aliphatic rings. The second kappa shape index (κ2) is 5.98. The summed E-state index contributed by atoms with van der Waals surface area (Å²) in [5, 5.41) is 0.251. The predicted molar refractivity (Wildman–Crippen MR) is 85.5 cm³/mol. The van der Waals surface area contributed by atoms with Gasteiger partial charge in [-0.2, -0.15) is 0 Å². The van der Waals surface area contributed by atoms with Crippen molar-refractivity contribution in [2.75, 3.05) is 13.0 Å². The number of hydrogen-bond acceptors (Lipinski definition) is 4. The van der Waals surface area contributed by atoms with Gasteiger partial charge in [-0.1, -0.05) is 41.6 Å². The number of rotatable bonds is 3. The first kappa shape index (κ1) is 14.3. The van der Waals surface area contributed by atoms with Crippen molar-refractivity contribution < 1.29 is 14.3 Å². The van der Waals surface area contributed by atoms with Gasteiger partial charge in [0.2, 0.25) is 6.79 Å². The lowest BCUT2D eigenvalue weighted by Crippen LogP contribution is -2.16. The Kier molecular flexibility index (Phi) is 4.06. The van der Waals surface area contributed by atoms with Gasteiger partial charge in [-0.25, -0.2) is 0 Å². The number of ether oxygens (including phenoxy) is 2. The Labute approximate surface area is 129 Å². The third-order valence-corrected chi connectivity index (χ3v) is 4.67. The van der Waals surface area contributed by atoms with E-state index in [0.29, 0.717) is 6.79 Å². The minimum Gasteiger partial charge on any atom is -0.454 e. The quantitative estimate of drug-likeness (QED) is 0.793. The molecular weight excluding hydrogens is 284 g/mol. The van der Waals surface area contributed by atoms with Crippen LogP contribution in [0, 0.1) is 11.8 Å². The van der Waals surface area contributed by atoms with E-state index >= 15 is 0 Å². The molecule has 1 aromatic rings. The van der Waals surface area contributed by atoms with E-state index in [2.05, 4.69) is 18.2 Å². The molecule has 1 aromatic carbocycles. The predicted octanol–water partition coefficient (Wildman–Crippen LogP) is 3.90. The van der Waals surface area contributed by atoms with Gasteiger partial charge < -0.3 is 9.47 Å². The van der Waals surface area contributed by atoms with Gasteiger partial charge >= 0.3 is 0 Å². The third-order valence-electron chi connectivity index (χ3n) is 4.02. The summed E-state index contributed by atoms with van der Waals surface area (Å²) in [4.78, 5) is 12.1. The van der Waals surface area contributed by atoms with Crippen molar-refractivity contribution in [2.24, 2.45) is 11.8 Å². The summed E-state index contributed by atoms with van der Waals surface area (Å²) in [5.41, 5.74) is 2.26. The van der Waals surface area contributed by atoms with Crippen molar-refractivity contribution in [3.05, 3.63) is 41.5 Å². The number of hydrogen-bond donors (Lipinski definition) is 0. The highest BCUT2D eigenvalue weighted by Crippen LogP contribution is 2.37. The van der Waals surface area contributed by atoms with Crippen LogP contribution >= 0.6 is 11.8 Å². The molecule has 1 heterocycles. The van der Waals surface area contributed by atoms with Gasteiger partial charge in [0.1, 0.15) is 0 Å². The summed E-state index contributed by atoms with van der Waals surface area (Å²) in [7, 11) is 0. The van der Waals surface area contributed by atoms with Gasteiger partial charge in [0.15, 0.2) is 16.6 Å². The molecule has 0 amide bonds. The molecule has 0 spiro atoms. The molecule has 110 valence electrons. The Morgan fingerprint density at radius 2 is 2.14 bits per heavy atom. The summed E-state index contributed by atoms with van der Waals surface area (Å²) in [6.45, 7) is 2.34. The van der Waals surface area contributed by atoms with E-state index in [-0.39, 0.29) is 17.0 Å². The van der Waals surface area contributed by atoms with Crippen LogP contribution in [0.2, 0.25) is 0 Å². The Balaban J connectivity index is 1.75. The second-order valence-electron chi connectivity index (χ2n) is 5.32. The van der Waals surface area contributed by atoms with E-state index in [9.17, 15) is 4.79 Å². The minimum absolute atomic E-state index is 0.0188. The van der Waals surface area contributed by atoms with E-state index in [1.54, 1.807) is 0 Å². The molecule has 0 saturated heterocycles. The van der Waals surface area contributed by atoms with Crippen LogP contribution in [0.3, 0.4) is 0 Å². The van der Waals surface area contributed by atoms with Crippen molar-refractivity contribution in [1.29, 1.82) is 0 Å². The molecule has 0 radical (unpaired) electrons. The normalized spacial score (nSPS) is 23.6. The Morgan fingerprint density at radius 1 is 1.33 bits per heavy atom. The number of fused-ring (bicyclic) bond motifs is 1. The fourth-order valence-electron chi connectivity index (χ4n) is 2.85. The highest BCUT2D eigenvalue weighted by atomic mass is 32.2. The van der Waals surface area contributed by atoms with Gasteiger partial charge in [0.25, 0.3) is 0 Å². The molecule has 2 atom stereocenters. The average molecular weight is 302 g/mol. The van der Waals surface area contributed by atoms with Gasteiger partial charge in [-0.3, -0.25) is 4.79 Å². The van der Waals surface area contributed by atoms with Crippen molar-refractivity contribution in [1.82, 2.24) is 0 Å². The first-order valence-corrected chi connectivity index (χ1v) is 8.24. The molecule has 21 heavy (non-hydrogen) atoms. The van der Waals surface area contributed by atoms with Gasteiger partial charge in [-0.05, 0) is 43.2 Å². The smallest absolute Gasteiger partial charge is 0.231 e. The van der Waals surface area contributed by atoms with Crippen LogP contribution in [0.25, 0.3) is 6.08 Å². The number of benzene rings is 1. The number of carbonyl (C=O) groups is 1. The molecule has 3 rings (SSSR count). The SMILES string of the molecule is CSC(=O)C1C(C)=CCC1/C=C/c1ccc2c(c1)OCO2. The average Bonchev–Trinajstić information content (AvgIpc) is 3.10. The van der Waals surface area contributed by atoms with Crippen molar-refractivity contribution in [3.8, 4) is 11.5 Å². The van der Waals surface area contributed by atoms with E-state index in [4.69, 9.17) is 9.47 Å². The lowest BCUT2D eigenvalue weighted by atomic mass is 9.92. The summed E-state index contributed by atoms with van der Waals surface area (Å²) in [6.07, 6.45) is 9.17. The number of carbonyl (C=O) groups excluding carboxylic acids is 1. The summed E-state index contributed by atoms with van der Waals surface area (Å²) < 4.78 is 10.7. The van der Waals surface area contributed by atoms with E-state index in [0.717, 1.165) is 23.5 Å². The molecule has 0 fully saturated rings. The topological polar surface area (TPSA) is 35.5 Å². The number of allylic oxidation sites excluding steroid dienone is 3. The molecule has 0 saturated carbocycles. The van der Waals surface area contributed by atoms with Crippen LogP contribution in [0.4, 0.5) is 0 Å². The van der Waals surface area contributed by atoms with Crippen molar-refractivity contribution in [3.63, 3.8) is 0 Å². The maximum Gasteiger partial charge on any atom is 0.231 e. The number of thioether (sulfide) groups is 1. The van der Waals surface area contributed by atoms with Crippen LogP contribution in [0.15, 0.2) is 35.9 Å². The first-order chi connectivity index (χ1) is 10.2. The Bertz CT molecular complexity index is 618. The highest BCUT2D eigenvalue weighted by molar-refractivity contribution is 8.13. The zero-order valence-electron chi connectivity index (χ0n) is 12.2. The summed E-state index contributed by atoms with van der Waals surface area (Å²) in [5.74, 6) is 1.86. The molecule has 3 nitrogen and oxygen atoms in total. The highest BCUT2D eigenvalue weighted by Gasteiger charge is 2.31. The van der Waals surface area contributed by atoms with E-state index in [1.165, 1.54) is 17.3 Å². The largest absolute Gasteiger partial charge is 0.454 e. The Hall–Kier alpha value is -1.68. The van der Waals surface area contributed by atoms with Crippen LogP contribution in [0.5, 0.6) is 11.5 Å². The lowest BCUT2D eigenvalue weighted by Gasteiger charge is -2.16. The molecule has 0 aromatic heterocycles. The molecule has 0 bridgehead atoms. The lowest BCUT2D eigenvalue weighted by molar-refractivity contribution is -0.114. The van der Waals surface area contributed by atoms with Gasteiger partial charge in [0.05, 0.1) is 5.92 Å². The van der Waals surface area contributed by atoms with Crippen LogP contribution in [0.1, 0.15) is 18.9 Å². The first-order valence-electron chi connectivity index (χ1n) is 7.01. The van der Waals surface area contributed by atoms with Gasteiger partial charge in [-0.15, -0.1) is 0 Å². The third kappa shape index (κ3) is 2.86. The summed E-state index contributed by atoms with van der Waals surface area (Å²) >= 11 is 1.32. The molecule has 2 unspecified atom stereocenters. The summed E-state index contributed by atoms with van der Waals surface area (Å²) in [6, 6.07) is 5.90. The van der Waals surface area contributed by atoms with Crippen LogP contribution in [-0.2, 0) is 4.79 Å². The monoisotopic (exact) mass is 302 g/mol. The fourth-order valence-corrected chi connectivity index (χ4v) is 3.47. The van der Waals surface area contributed by atoms with Gasteiger partial charge in [0, 0.05) is 0 Å². The van der Waals surface area contributed by atoms with Crippen LogP contribution < -0.4 is 9.47 Å². The maximum absolute atomic E-state index is 12.1. The van der Waals surface area contributed by atoms with E-state index < -0.39 is 0 Å². The zero-order chi connectivity index (χ0) is 14.8. The molecule has 1 aliphatic heterocycles. The molecule has 1 aliphatic carbocycles. The zero-order valence-corrected chi connectivity index (χ0v) is 13.0.